The van der Waals surface area contributed by atoms with Crippen LogP contribution in [0.25, 0.3) is 0 Å². The molecule has 2 N–H and O–H groups in total. The van der Waals surface area contributed by atoms with E-state index >= 15 is 0 Å². The summed E-state index contributed by atoms with van der Waals surface area (Å²) in [4.78, 5) is 23.5. The molecule has 2 rings (SSSR count). The summed E-state index contributed by atoms with van der Waals surface area (Å²) in [5.74, 6) is -0.457. The van der Waals surface area contributed by atoms with Crippen molar-refractivity contribution in [2.75, 3.05) is 5.75 Å². The van der Waals surface area contributed by atoms with Gasteiger partial charge in [-0.05, 0) is 30.9 Å². The van der Waals surface area contributed by atoms with E-state index in [0.717, 1.165) is 17.7 Å². The van der Waals surface area contributed by atoms with Gasteiger partial charge in [-0.1, -0.05) is 23.7 Å². The average Bonchev–Trinajstić information content (AvgIpc) is 3.21. The Balaban J connectivity index is 1.82. The SMILES string of the molecule is O=C(O)CC(NC(=O)CSc1ccccc1Cl)C1CC1. The molecule has 0 aliphatic heterocycles. The third-order valence-corrected chi connectivity index (χ3v) is 4.64. The number of carboxylic acids is 1. The van der Waals surface area contributed by atoms with Crippen molar-refractivity contribution in [2.45, 2.75) is 30.2 Å². The van der Waals surface area contributed by atoms with Crippen molar-refractivity contribution in [3.8, 4) is 0 Å². The fourth-order valence-electron chi connectivity index (χ4n) is 1.98. The number of amides is 1. The van der Waals surface area contributed by atoms with Crippen molar-refractivity contribution in [1.29, 1.82) is 0 Å². The van der Waals surface area contributed by atoms with Gasteiger partial charge in [-0.2, -0.15) is 0 Å². The monoisotopic (exact) mass is 313 g/mol. The van der Waals surface area contributed by atoms with E-state index in [1.165, 1.54) is 11.8 Å². The van der Waals surface area contributed by atoms with Gasteiger partial charge in [0, 0.05) is 10.9 Å². The van der Waals surface area contributed by atoms with Crippen LogP contribution in [-0.2, 0) is 9.59 Å². The molecule has 1 aromatic rings. The van der Waals surface area contributed by atoms with Gasteiger partial charge in [0.25, 0.3) is 0 Å². The fourth-order valence-corrected chi connectivity index (χ4v) is 3.03. The van der Waals surface area contributed by atoms with Crippen LogP contribution in [-0.4, -0.2) is 28.8 Å². The van der Waals surface area contributed by atoms with Crippen molar-refractivity contribution in [3.05, 3.63) is 29.3 Å². The number of benzene rings is 1. The van der Waals surface area contributed by atoms with Crippen LogP contribution in [0.5, 0.6) is 0 Å². The molecule has 1 saturated carbocycles. The van der Waals surface area contributed by atoms with Crippen LogP contribution in [0, 0.1) is 5.92 Å². The van der Waals surface area contributed by atoms with Crippen molar-refractivity contribution < 1.29 is 14.7 Å². The van der Waals surface area contributed by atoms with Gasteiger partial charge in [0.1, 0.15) is 0 Å². The molecule has 0 bridgehead atoms. The van der Waals surface area contributed by atoms with Crippen molar-refractivity contribution >= 4 is 35.2 Å². The Kier molecular flexibility index (Phi) is 5.31. The lowest BCUT2D eigenvalue weighted by Gasteiger charge is -2.16. The average molecular weight is 314 g/mol. The highest BCUT2D eigenvalue weighted by Gasteiger charge is 2.33. The largest absolute Gasteiger partial charge is 0.481 e. The minimum Gasteiger partial charge on any atom is -0.481 e. The minimum atomic E-state index is -0.874. The van der Waals surface area contributed by atoms with Crippen LogP contribution >= 0.6 is 23.4 Å². The summed E-state index contributed by atoms with van der Waals surface area (Å²) >= 11 is 7.37. The molecule has 0 aromatic heterocycles. The first-order chi connectivity index (χ1) is 9.56. The summed E-state index contributed by atoms with van der Waals surface area (Å²) in [6.45, 7) is 0. The van der Waals surface area contributed by atoms with E-state index in [1.807, 2.05) is 18.2 Å². The molecule has 0 spiro atoms. The highest BCUT2D eigenvalue weighted by Crippen LogP contribution is 2.34. The van der Waals surface area contributed by atoms with Crippen LogP contribution in [0.1, 0.15) is 19.3 Å². The van der Waals surface area contributed by atoms with Crippen LogP contribution in [0.3, 0.4) is 0 Å². The predicted octanol–water partition coefficient (Wildman–Crippen LogP) is 2.80. The van der Waals surface area contributed by atoms with Gasteiger partial charge in [0.15, 0.2) is 0 Å². The molecule has 0 saturated heterocycles. The first-order valence-electron chi connectivity index (χ1n) is 6.44. The number of hydrogen-bond acceptors (Lipinski definition) is 3. The first-order valence-corrected chi connectivity index (χ1v) is 7.81. The normalized spacial score (nSPS) is 15.7. The van der Waals surface area contributed by atoms with Crippen molar-refractivity contribution in [3.63, 3.8) is 0 Å². The van der Waals surface area contributed by atoms with Gasteiger partial charge >= 0.3 is 5.97 Å². The molecule has 4 nitrogen and oxygen atoms in total. The Morgan fingerprint density at radius 1 is 1.40 bits per heavy atom. The Labute approximate surface area is 126 Å². The van der Waals surface area contributed by atoms with E-state index in [1.54, 1.807) is 6.07 Å². The number of hydrogen-bond donors (Lipinski definition) is 2. The second-order valence-electron chi connectivity index (χ2n) is 4.83. The number of carboxylic acid groups (broad SMARTS) is 1. The van der Waals surface area contributed by atoms with E-state index in [4.69, 9.17) is 16.7 Å². The molecular formula is C14H16ClNO3S. The summed E-state index contributed by atoms with van der Waals surface area (Å²) in [6.07, 6.45) is 1.99. The zero-order chi connectivity index (χ0) is 14.5. The molecule has 6 heteroatoms. The number of aliphatic carboxylic acids is 1. The number of thioether (sulfide) groups is 1. The zero-order valence-electron chi connectivity index (χ0n) is 10.8. The standard InChI is InChI=1S/C14H16ClNO3S/c15-10-3-1-2-4-12(10)20-8-13(17)16-11(7-14(18)19)9-5-6-9/h1-4,9,11H,5-8H2,(H,16,17)(H,18,19). The van der Waals surface area contributed by atoms with Gasteiger partial charge in [0.05, 0.1) is 17.2 Å². The number of carbonyl (C=O) groups is 2. The number of halogens is 1. The Bertz CT molecular complexity index is 505. The molecular weight excluding hydrogens is 298 g/mol. The maximum absolute atomic E-state index is 11.9. The summed E-state index contributed by atoms with van der Waals surface area (Å²) in [5, 5.41) is 12.3. The molecule has 20 heavy (non-hydrogen) atoms. The molecule has 1 amide bonds. The number of carbonyl (C=O) groups excluding carboxylic acids is 1. The molecule has 1 aliphatic rings. The molecule has 108 valence electrons. The summed E-state index contributed by atoms with van der Waals surface area (Å²) < 4.78 is 0. The Hall–Kier alpha value is -1.20. The van der Waals surface area contributed by atoms with Gasteiger partial charge in [-0.25, -0.2) is 0 Å². The van der Waals surface area contributed by atoms with Crippen molar-refractivity contribution in [1.82, 2.24) is 5.32 Å². The smallest absolute Gasteiger partial charge is 0.305 e. The lowest BCUT2D eigenvalue weighted by molar-refractivity contribution is -0.137. The van der Waals surface area contributed by atoms with Crippen molar-refractivity contribution in [2.24, 2.45) is 5.92 Å². The number of nitrogens with one attached hydrogen (secondary N) is 1. The van der Waals surface area contributed by atoms with E-state index in [9.17, 15) is 9.59 Å². The van der Waals surface area contributed by atoms with E-state index in [2.05, 4.69) is 5.32 Å². The highest BCUT2D eigenvalue weighted by atomic mass is 35.5. The lowest BCUT2D eigenvalue weighted by Crippen LogP contribution is -2.39. The summed E-state index contributed by atoms with van der Waals surface area (Å²) in [7, 11) is 0. The molecule has 1 unspecified atom stereocenters. The molecule has 1 aliphatic carbocycles. The van der Waals surface area contributed by atoms with E-state index < -0.39 is 5.97 Å². The van der Waals surface area contributed by atoms with Crippen LogP contribution in [0.4, 0.5) is 0 Å². The summed E-state index contributed by atoms with van der Waals surface area (Å²) in [5.41, 5.74) is 0. The second-order valence-corrected chi connectivity index (χ2v) is 6.25. The van der Waals surface area contributed by atoms with Gasteiger partial charge in [0.2, 0.25) is 5.91 Å². The molecule has 1 atom stereocenters. The maximum Gasteiger partial charge on any atom is 0.305 e. The third kappa shape index (κ3) is 4.72. The molecule has 0 heterocycles. The predicted molar refractivity (Wildman–Crippen MR) is 79.1 cm³/mol. The topological polar surface area (TPSA) is 66.4 Å². The highest BCUT2D eigenvalue weighted by molar-refractivity contribution is 8.00. The minimum absolute atomic E-state index is 0.00678. The van der Waals surface area contributed by atoms with Crippen LogP contribution in [0.2, 0.25) is 5.02 Å². The van der Waals surface area contributed by atoms with Crippen LogP contribution in [0.15, 0.2) is 29.2 Å². The quantitative estimate of drug-likeness (QED) is 0.760. The molecule has 0 radical (unpaired) electrons. The fraction of sp³-hybridized carbons (Fsp3) is 0.429. The lowest BCUT2D eigenvalue weighted by atomic mass is 10.1. The summed E-state index contributed by atoms with van der Waals surface area (Å²) in [6, 6.07) is 7.09. The Morgan fingerprint density at radius 2 is 2.10 bits per heavy atom. The maximum atomic E-state index is 11.9. The number of rotatable bonds is 7. The van der Waals surface area contributed by atoms with Gasteiger partial charge < -0.3 is 10.4 Å². The van der Waals surface area contributed by atoms with Gasteiger partial charge in [-0.15, -0.1) is 11.8 Å². The second kappa shape index (κ2) is 6.99. The zero-order valence-corrected chi connectivity index (χ0v) is 12.4. The van der Waals surface area contributed by atoms with Gasteiger partial charge in [-0.3, -0.25) is 9.59 Å². The molecule has 1 aromatic carbocycles. The third-order valence-electron chi connectivity index (χ3n) is 3.13. The first kappa shape index (κ1) is 15.2. The molecule has 1 fully saturated rings. The van der Waals surface area contributed by atoms with E-state index in [-0.39, 0.29) is 24.1 Å². The van der Waals surface area contributed by atoms with E-state index in [0.29, 0.717) is 10.9 Å². The Morgan fingerprint density at radius 3 is 2.70 bits per heavy atom. The van der Waals surface area contributed by atoms with Crippen LogP contribution < -0.4 is 5.32 Å².